The second-order valence-corrected chi connectivity index (χ2v) is 10.1. The molecule has 1 aliphatic carbocycles. The van der Waals surface area contributed by atoms with Gasteiger partial charge in [0.2, 0.25) is 0 Å². The van der Waals surface area contributed by atoms with Gasteiger partial charge in [0.05, 0.1) is 12.2 Å². The minimum Gasteiger partial charge on any atom is -0.417 e. The highest BCUT2D eigenvalue weighted by atomic mass is 28.3. The maximum atomic E-state index is 10.2. The predicted molar refractivity (Wildman–Crippen MR) is 84.9 cm³/mol. The first-order chi connectivity index (χ1) is 8.68. The van der Waals surface area contributed by atoms with E-state index in [9.17, 15) is 5.11 Å². The fourth-order valence-corrected chi connectivity index (χ4v) is 5.02. The summed E-state index contributed by atoms with van der Waals surface area (Å²) >= 11 is 0. The zero-order chi connectivity index (χ0) is 14.8. The van der Waals surface area contributed by atoms with Crippen molar-refractivity contribution >= 4 is 9.04 Å². The van der Waals surface area contributed by atoms with Crippen LogP contribution in [0.5, 0.6) is 0 Å². The van der Waals surface area contributed by atoms with Crippen LogP contribution in [0.1, 0.15) is 53.9 Å². The average molecular weight is 287 g/mol. The third-order valence-corrected chi connectivity index (χ3v) is 5.61. The molecule has 0 amide bonds. The summed E-state index contributed by atoms with van der Waals surface area (Å²) in [6.45, 7) is 16.0. The molecule has 1 fully saturated rings. The van der Waals surface area contributed by atoms with Gasteiger partial charge in [-0.05, 0) is 49.1 Å². The van der Waals surface area contributed by atoms with Gasteiger partial charge in [-0.25, -0.2) is 0 Å². The predicted octanol–water partition coefficient (Wildman–Crippen LogP) is 3.83. The Morgan fingerprint density at radius 2 is 1.84 bits per heavy atom. The van der Waals surface area contributed by atoms with Gasteiger partial charge in [-0.3, -0.25) is 0 Å². The van der Waals surface area contributed by atoms with E-state index >= 15 is 0 Å². The quantitative estimate of drug-likeness (QED) is 0.796. The van der Waals surface area contributed by atoms with Gasteiger partial charge in [0.15, 0.2) is 9.04 Å². The molecule has 0 spiro atoms. The Morgan fingerprint density at radius 3 is 2.26 bits per heavy atom. The van der Waals surface area contributed by atoms with Crippen LogP contribution < -0.4 is 0 Å². The van der Waals surface area contributed by atoms with Gasteiger partial charge in [0.1, 0.15) is 0 Å². The zero-order valence-corrected chi connectivity index (χ0v) is 15.1. The summed E-state index contributed by atoms with van der Waals surface area (Å²) in [5.74, 6) is 1.61. The van der Waals surface area contributed by atoms with E-state index in [0.29, 0.717) is 23.9 Å². The molecule has 114 valence electrons. The summed E-state index contributed by atoms with van der Waals surface area (Å²) in [6, 6.07) is 0. The van der Waals surface area contributed by atoms with Gasteiger partial charge < -0.3 is 9.53 Å². The molecule has 0 aromatic carbocycles. The summed E-state index contributed by atoms with van der Waals surface area (Å²) in [5, 5.41) is 10.2. The van der Waals surface area contributed by atoms with Crippen LogP contribution in [-0.4, -0.2) is 26.4 Å². The van der Waals surface area contributed by atoms with Gasteiger partial charge >= 0.3 is 0 Å². The Labute approximate surface area is 121 Å². The van der Waals surface area contributed by atoms with Crippen LogP contribution in [0, 0.1) is 23.2 Å². The topological polar surface area (TPSA) is 29.5 Å². The standard InChI is InChI=1S/C16H34O2Si/c1-8-12-11(2)13(9-10-14(12)17)15(16(3,4)5)18-19(6)7/h11-15,17,19H,8-10H2,1-7H3. The lowest BCUT2D eigenvalue weighted by atomic mass is 9.64. The first-order valence-electron chi connectivity index (χ1n) is 8.02. The highest BCUT2D eigenvalue weighted by Crippen LogP contribution is 2.43. The second kappa shape index (κ2) is 6.73. The molecule has 0 aliphatic heterocycles. The monoisotopic (exact) mass is 286 g/mol. The Morgan fingerprint density at radius 1 is 1.26 bits per heavy atom. The van der Waals surface area contributed by atoms with E-state index in [2.05, 4.69) is 47.7 Å². The van der Waals surface area contributed by atoms with Crippen LogP contribution in [-0.2, 0) is 4.43 Å². The molecule has 1 saturated carbocycles. The maximum absolute atomic E-state index is 10.2. The second-order valence-electron chi connectivity index (χ2n) is 7.71. The van der Waals surface area contributed by atoms with Gasteiger partial charge in [-0.2, -0.15) is 0 Å². The molecule has 5 atom stereocenters. The van der Waals surface area contributed by atoms with E-state index in [1.165, 1.54) is 0 Å². The normalized spacial score (nSPS) is 34.6. The number of hydrogen-bond donors (Lipinski definition) is 1. The summed E-state index contributed by atoms with van der Waals surface area (Å²) in [5.41, 5.74) is 0.191. The SMILES string of the molecule is CCC1C(O)CCC(C(O[SiH](C)C)C(C)(C)C)C1C. The Hall–Kier alpha value is 0.137. The summed E-state index contributed by atoms with van der Waals surface area (Å²) in [7, 11) is -1.03. The lowest BCUT2D eigenvalue weighted by molar-refractivity contribution is -0.0623. The zero-order valence-electron chi connectivity index (χ0n) is 13.9. The molecule has 1 rings (SSSR count). The van der Waals surface area contributed by atoms with Crippen molar-refractivity contribution in [3.63, 3.8) is 0 Å². The number of aliphatic hydroxyl groups excluding tert-OH is 1. The molecule has 0 aromatic rings. The van der Waals surface area contributed by atoms with Crippen molar-refractivity contribution in [2.75, 3.05) is 0 Å². The van der Waals surface area contributed by atoms with E-state index in [-0.39, 0.29) is 11.5 Å². The fourth-order valence-electron chi connectivity index (χ4n) is 3.82. The molecule has 3 heteroatoms. The van der Waals surface area contributed by atoms with Crippen molar-refractivity contribution in [1.29, 1.82) is 0 Å². The Bertz CT molecular complexity index is 272. The van der Waals surface area contributed by atoms with Crippen LogP contribution in [0.3, 0.4) is 0 Å². The Kier molecular flexibility index (Phi) is 6.09. The molecule has 2 nitrogen and oxygen atoms in total. The van der Waals surface area contributed by atoms with E-state index in [0.717, 1.165) is 19.3 Å². The van der Waals surface area contributed by atoms with Crippen LogP contribution >= 0.6 is 0 Å². The summed E-state index contributed by atoms with van der Waals surface area (Å²) in [4.78, 5) is 0. The van der Waals surface area contributed by atoms with Crippen LogP contribution in [0.15, 0.2) is 0 Å². The smallest absolute Gasteiger partial charge is 0.171 e. The number of aliphatic hydroxyl groups is 1. The van der Waals surface area contributed by atoms with E-state index in [1.807, 2.05) is 0 Å². The van der Waals surface area contributed by atoms with E-state index in [4.69, 9.17) is 4.43 Å². The molecule has 1 aliphatic rings. The molecule has 0 bridgehead atoms. The van der Waals surface area contributed by atoms with Crippen molar-refractivity contribution in [3.05, 3.63) is 0 Å². The van der Waals surface area contributed by atoms with Crippen molar-refractivity contribution in [3.8, 4) is 0 Å². The van der Waals surface area contributed by atoms with E-state index < -0.39 is 9.04 Å². The van der Waals surface area contributed by atoms with Crippen molar-refractivity contribution in [2.45, 2.75) is 79.2 Å². The first kappa shape index (κ1) is 17.2. The van der Waals surface area contributed by atoms with Gasteiger partial charge in [0.25, 0.3) is 0 Å². The molecule has 0 radical (unpaired) electrons. The molecular weight excluding hydrogens is 252 g/mol. The van der Waals surface area contributed by atoms with Crippen LogP contribution in [0.2, 0.25) is 13.1 Å². The average Bonchev–Trinajstić information content (AvgIpc) is 2.26. The largest absolute Gasteiger partial charge is 0.417 e. The van der Waals surface area contributed by atoms with Crippen molar-refractivity contribution in [2.24, 2.45) is 23.2 Å². The van der Waals surface area contributed by atoms with Gasteiger partial charge in [-0.15, -0.1) is 0 Å². The van der Waals surface area contributed by atoms with Crippen molar-refractivity contribution < 1.29 is 9.53 Å². The third-order valence-electron chi connectivity index (χ3n) is 4.77. The van der Waals surface area contributed by atoms with Crippen LogP contribution in [0.25, 0.3) is 0 Å². The van der Waals surface area contributed by atoms with Crippen molar-refractivity contribution in [1.82, 2.24) is 0 Å². The molecule has 1 N–H and O–H groups in total. The fraction of sp³-hybridized carbons (Fsp3) is 1.00. The molecular formula is C16H34O2Si. The highest BCUT2D eigenvalue weighted by molar-refractivity contribution is 6.48. The number of hydrogen-bond acceptors (Lipinski definition) is 2. The molecule has 0 saturated heterocycles. The summed E-state index contributed by atoms with van der Waals surface area (Å²) < 4.78 is 6.41. The van der Waals surface area contributed by atoms with Crippen LogP contribution in [0.4, 0.5) is 0 Å². The highest BCUT2D eigenvalue weighted by Gasteiger charge is 2.43. The minimum atomic E-state index is -1.03. The minimum absolute atomic E-state index is 0.104. The van der Waals surface area contributed by atoms with Gasteiger partial charge in [0, 0.05) is 0 Å². The van der Waals surface area contributed by atoms with E-state index in [1.54, 1.807) is 0 Å². The lowest BCUT2D eigenvalue weighted by Crippen LogP contribution is -2.47. The van der Waals surface area contributed by atoms with Gasteiger partial charge in [-0.1, -0.05) is 41.0 Å². The molecule has 5 unspecified atom stereocenters. The molecule has 0 aromatic heterocycles. The molecule has 0 heterocycles. The first-order valence-corrected chi connectivity index (χ1v) is 10.8. The molecule has 19 heavy (non-hydrogen) atoms. The Balaban J connectivity index is 2.89. The maximum Gasteiger partial charge on any atom is 0.171 e. The third kappa shape index (κ3) is 4.30. The lowest BCUT2D eigenvalue weighted by Gasteiger charge is -2.47. The number of rotatable bonds is 4. The summed E-state index contributed by atoms with van der Waals surface area (Å²) in [6.07, 6.45) is 3.38.